The molecule has 32 heavy (non-hydrogen) atoms. The Hall–Kier alpha value is -3.29. The average Bonchev–Trinajstić information content (AvgIpc) is 3.00. The minimum atomic E-state index is -2.80. The number of alkyl halides is 2. The molecule has 2 aliphatic heterocycles. The molecule has 0 saturated carbocycles. The van der Waals surface area contributed by atoms with Crippen molar-refractivity contribution in [2.75, 3.05) is 6.54 Å². The minimum absolute atomic E-state index is 0.0389. The van der Waals surface area contributed by atoms with Gasteiger partial charge in [0.25, 0.3) is 17.7 Å². The molecule has 2 aromatic carbocycles. The molecule has 3 amide bonds. The maximum Gasteiger partial charge on any atom is 0.410 e. The van der Waals surface area contributed by atoms with Crippen molar-refractivity contribution in [1.29, 1.82) is 0 Å². The van der Waals surface area contributed by atoms with Crippen LogP contribution in [0.1, 0.15) is 52.1 Å². The van der Waals surface area contributed by atoms with E-state index < -0.39 is 24.0 Å². The summed E-state index contributed by atoms with van der Waals surface area (Å²) in [6.45, 7) is 3.01. The van der Waals surface area contributed by atoms with Gasteiger partial charge in [-0.3, -0.25) is 14.5 Å². The Kier molecular flexibility index (Phi) is 5.71. The molecule has 0 spiro atoms. The van der Waals surface area contributed by atoms with Crippen LogP contribution >= 0.6 is 0 Å². The molecule has 1 saturated heterocycles. The van der Waals surface area contributed by atoms with Crippen molar-refractivity contribution in [3.63, 3.8) is 0 Å². The lowest BCUT2D eigenvalue weighted by Crippen LogP contribution is -2.53. The molecule has 6 nitrogen and oxygen atoms in total. The summed E-state index contributed by atoms with van der Waals surface area (Å²) < 4.78 is 33.1. The Balaban J connectivity index is 1.39. The Labute approximate surface area is 184 Å². The van der Waals surface area contributed by atoms with Gasteiger partial charge >= 0.3 is 6.09 Å². The third-order valence-corrected chi connectivity index (χ3v) is 6.10. The number of benzene rings is 2. The molecule has 0 aliphatic carbocycles. The number of nitrogens with zero attached hydrogens (tertiary/aromatic N) is 2. The third-order valence-electron chi connectivity index (χ3n) is 6.10. The van der Waals surface area contributed by atoms with Crippen LogP contribution in [-0.2, 0) is 17.9 Å². The van der Waals surface area contributed by atoms with Gasteiger partial charge in [-0.05, 0) is 30.2 Å². The third kappa shape index (κ3) is 4.09. The second-order valence-electron chi connectivity index (χ2n) is 8.48. The molecule has 2 aliphatic rings. The first-order valence-electron chi connectivity index (χ1n) is 10.5. The molecule has 4 rings (SSSR count). The summed E-state index contributed by atoms with van der Waals surface area (Å²) in [6.07, 6.45) is -1.02. The molecular weight excluding hydrogens is 418 g/mol. The lowest BCUT2D eigenvalue weighted by molar-refractivity contribution is -0.111. The normalized spacial score (nSPS) is 22.1. The fraction of sp³-hybridized carbons (Fsp3) is 0.375. The zero-order chi connectivity index (χ0) is 23.0. The van der Waals surface area contributed by atoms with Gasteiger partial charge in [0.05, 0.1) is 17.7 Å². The first-order valence-corrected chi connectivity index (χ1v) is 10.5. The fourth-order valence-corrected chi connectivity index (χ4v) is 4.18. The fourth-order valence-electron chi connectivity index (χ4n) is 4.18. The highest BCUT2D eigenvalue weighted by Gasteiger charge is 2.46. The lowest BCUT2D eigenvalue weighted by atomic mass is 9.91. The Bertz CT molecular complexity index is 1040. The first kappa shape index (κ1) is 21.9. The summed E-state index contributed by atoms with van der Waals surface area (Å²) in [5.74, 6) is -4.41. The number of fused-ring (bicyclic) bond motifs is 1. The quantitative estimate of drug-likeness (QED) is 0.655. The van der Waals surface area contributed by atoms with Gasteiger partial charge in [0.1, 0.15) is 6.61 Å². The van der Waals surface area contributed by atoms with Crippen LogP contribution in [0.25, 0.3) is 0 Å². The van der Waals surface area contributed by atoms with Crippen molar-refractivity contribution in [3.8, 4) is 0 Å². The molecule has 168 valence electrons. The van der Waals surface area contributed by atoms with Crippen LogP contribution in [0.15, 0.2) is 48.5 Å². The number of carbonyl (C=O) groups is 3. The highest BCUT2D eigenvalue weighted by molar-refractivity contribution is 6.21. The predicted octanol–water partition coefficient (Wildman–Crippen LogP) is 4.49. The standard InChI is InChI=1S/C24H24F2N2O4/c1-15-12-27(16(2)11-24(15,25)26)23(31)32-14-18-7-5-6-17(10-18)13-28-21(29)19-8-3-4-9-20(19)22(28)30/h3-10,15-16H,11-14H2,1-2H3/t15-,16-/m0/s1. The maximum absolute atomic E-state index is 13.9. The average molecular weight is 442 g/mol. The summed E-state index contributed by atoms with van der Waals surface area (Å²) in [5.41, 5.74) is 2.17. The highest BCUT2D eigenvalue weighted by Crippen LogP contribution is 2.36. The van der Waals surface area contributed by atoms with Gasteiger partial charge in [-0.2, -0.15) is 0 Å². The van der Waals surface area contributed by atoms with Crippen molar-refractivity contribution in [3.05, 3.63) is 70.8 Å². The van der Waals surface area contributed by atoms with Gasteiger partial charge in [-0.25, -0.2) is 13.6 Å². The van der Waals surface area contributed by atoms with Crippen LogP contribution in [0.2, 0.25) is 0 Å². The zero-order valence-corrected chi connectivity index (χ0v) is 17.9. The van der Waals surface area contributed by atoms with Crippen molar-refractivity contribution >= 4 is 17.9 Å². The summed E-state index contributed by atoms with van der Waals surface area (Å²) in [4.78, 5) is 40.1. The van der Waals surface area contributed by atoms with E-state index >= 15 is 0 Å². The molecule has 0 aromatic heterocycles. The Morgan fingerprint density at radius 3 is 2.31 bits per heavy atom. The van der Waals surface area contributed by atoms with E-state index in [1.807, 2.05) is 0 Å². The summed E-state index contributed by atoms with van der Waals surface area (Å²) in [7, 11) is 0. The number of carbonyl (C=O) groups excluding carboxylic acids is 3. The van der Waals surface area contributed by atoms with Gasteiger partial charge in [-0.1, -0.05) is 43.3 Å². The number of ether oxygens (including phenoxy) is 1. The number of amides is 3. The van der Waals surface area contributed by atoms with Crippen LogP contribution in [0, 0.1) is 5.92 Å². The second-order valence-corrected chi connectivity index (χ2v) is 8.48. The number of hydrogen-bond acceptors (Lipinski definition) is 4. The molecule has 2 aromatic rings. The predicted molar refractivity (Wildman–Crippen MR) is 112 cm³/mol. The van der Waals surface area contributed by atoms with Gasteiger partial charge in [0, 0.05) is 24.9 Å². The monoisotopic (exact) mass is 442 g/mol. The van der Waals surface area contributed by atoms with E-state index in [0.29, 0.717) is 22.3 Å². The van der Waals surface area contributed by atoms with Gasteiger partial charge in [0.15, 0.2) is 0 Å². The van der Waals surface area contributed by atoms with Gasteiger partial charge in [-0.15, -0.1) is 0 Å². The maximum atomic E-state index is 13.9. The van der Waals surface area contributed by atoms with Crippen LogP contribution in [0.4, 0.5) is 13.6 Å². The number of likely N-dealkylation sites (tertiary alicyclic amines) is 1. The topological polar surface area (TPSA) is 66.9 Å². The van der Waals surface area contributed by atoms with E-state index in [1.54, 1.807) is 55.5 Å². The van der Waals surface area contributed by atoms with Crippen molar-refractivity contribution in [1.82, 2.24) is 9.80 Å². The molecule has 8 heteroatoms. The van der Waals surface area contributed by atoms with E-state index in [2.05, 4.69) is 0 Å². The molecule has 2 atom stereocenters. The first-order chi connectivity index (χ1) is 15.2. The van der Waals surface area contributed by atoms with Gasteiger partial charge < -0.3 is 9.64 Å². The molecular formula is C24H24F2N2O4. The molecule has 0 unspecified atom stereocenters. The van der Waals surface area contributed by atoms with E-state index in [9.17, 15) is 23.2 Å². The smallest absolute Gasteiger partial charge is 0.410 e. The molecule has 0 radical (unpaired) electrons. The van der Waals surface area contributed by atoms with Crippen LogP contribution < -0.4 is 0 Å². The molecule has 1 fully saturated rings. The number of hydrogen-bond donors (Lipinski definition) is 0. The second kappa shape index (κ2) is 8.33. The zero-order valence-electron chi connectivity index (χ0n) is 17.9. The molecule has 0 bridgehead atoms. The van der Waals surface area contributed by atoms with Crippen LogP contribution in [0.5, 0.6) is 0 Å². The lowest BCUT2D eigenvalue weighted by Gasteiger charge is -2.40. The number of halogens is 2. The van der Waals surface area contributed by atoms with E-state index in [4.69, 9.17) is 4.74 Å². The Morgan fingerprint density at radius 1 is 1.03 bits per heavy atom. The SMILES string of the molecule is C[C@H]1CC(F)(F)[C@@H](C)CN1C(=O)OCc1cccc(CN2C(=O)c3ccccc3C2=O)c1. The van der Waals surface area contributed by atoms with Gasteiger partial charge in [0.2, 0.25) is 0 Å². The number of imide groups is 1. The van der Waals surface area contributed by atoms with Crippen LogP contribution in [0.3, 0.4) is 0 Å². The van der Waals surface area contributed by atoms with Crippen LogP contribution in [-0.4, -0.2) is 46.2 Å². The van der Waals surface area contributed by atoms with E-state index in [-0.39, 0.29) is 37.9 Å². The summed E-state index contributed by atoms with van der Waals surface area (Å²) in [6, 6.07) is 13.1. The summed E-state index contributed by atoms with van der Waals surface area (Å²) >= 11 is 0. The van der Waals surface area contributed by atoms with Crippen molar-refractivity contribution < 1.29 is 27.9 Å². The summed E-state index contributed by atoms with van der Waals surface area (Å²) in [5, 5.41) is 0. The number of rotatable bonds is 4. The van der Waals surface area contributed by atoms with E-state index in [1.165, 1.54) is 16.7 Å². The Morgan fingerprint density at radius 2 is 1.66 bits per heavy atom. The number of piperidine rings is 1. The van der Waals surface area contributed by atoms with Crippen molar-refractivity contribution in [2.45, 2.75) is 45.4 Å². The minimum Gasteiger partial charge on any atom is -0.445 e. The highest BCUT2D eigenvalue weighted by atomic mass is 19.3. The molecule has 2 heterocycles. The van der Waals surface area contributed by atoms with E-state index in [0.717, 1.165) is 0 Å². The van der Waals surface area contributed by atoms with Crippen molar-refractivity contribution in [2.24, 2.45) is 5.92 Å². The largest absolute Gasteiger partial charge is 0.445 e. The molecule has 0 N–H and O–H groups in total.